The predicted octanol–water partition coefficient (Wildman–Crippen LogP) is 1.46. The van der Waals surface area contributed by atoms with Crippen molar-refractivity contribution in [1.82, 2.24) is 10.6 Å². The van der Waals surface area contributed by atoms with Crippen molar-refractivity contribution in [2.24, 2.45) is 0 Å². The van der Waals surface area contributed by atoms with Crippen LogP contribution in [0.5, 0.6) is 0 Å². The fraction of sp³-hybridized carbons (Fsp3) is 0.750. The summed E-state index contributed by atoms with van der Waals surface area (Å²) < 4.78 is 0. The van der Waals surface area contributed by atoms with Crippen LogP contribution in [0.3, 0.4) is 0 Å². The molecule has 0 heterocycles. The monoisotopic (exact) mass is 142 g/mol. The van der Waals surface area contributed by atoms with Gasteiger partial charge in [-0.1, -0.05) is 19.9 Å². The maximum absolute atomic E-state index is 3.27. The first kappa shape index (κ1) is 9.50. The summed E-state index contributed by atoms with van der Waals surface area (Å²) in [6.07, 6.45) is 4.42. The van der Waals surface area contributed by atoms with Crippen LogP contribution in [0.1, 0.15) is 26.7 Å². The maximum Gasteiger partial charge on any atom is 0.0647 e. The van der Waals surface area contributed by atoms with Gasteiger partial charge in [-0.15, -0.1) is 0 Å². The van der Waals surface area contributed by atoms with Crippen molar-refractivity contribution in [2.75, 3.05) is 13.7 Å². The standard InChI is InChI=1S/C8H18N2/c1-4-6-8(5-2)10-7-9-3/h6,9-10H,4-5,7H2,1-3H3/b8-6+. The molecule has 0 fully saturated rings. The van der Waals surface area contributed by atoms with E-state index in [9.17, 15) is 0 Å². The summed E-state index contributed by atoms with van der Waals surface area (Å²) in [5.41, 5.74) is 1.33. The van der Waals surface area contributed by atoms with E-state index in [1.807, 2.05) is 7.05 Å². The lowest BCUT2D eigenvalue weighted by molar-refractivity contribution is 0.685. The van der Waals surface area contributed by atoms with E-state index in [2.05, 4.69) is 30.6 Å². The zero-order chi connectivity index (χ0) is 7.82. The van der Waals surface area contributed by atoms with Crippen LogP contribution < -0.4 is 10.6 Å². The van der Waals surface area contributed by atoms with E-state index in [0.29, 0.717) is 0 Å². The molecule has 0 saturated carbocycles. The van der Waals surface area contributed by atoms with E-state index in [0.717, 1.165) is 19.5 Å². The largest absolute Gasteiger partial charge is 0.376 e. The Morgan fingerprint density at radius 1 is 1.40 bits per heavy atom. The molecule has 0 unspecified atom stereocenters. The molecule has 0 atom stereocenters. The summed E-state index contributed by atoms with van der Waals surface area (Å²) >= 11 is 0. The van der Waals surface area contributed by atoms with Gasteiger partial charge in [0, 0.05) is 5.70 Å². The van der Waals surface area contributed by atoms with Gasteiger partial charge in [-0.05, 0) is 19.9 Å². The molecule has 0 aromatic heterocycles. The van der Waals surface area contributed by atoms with Gasteiger partial charge in [-0.3, -0.25) is 0 Å². The van der Waals surface area contributed by atoms with Crippen LogP contribution in [-0.2, 0) is 0 Å². The minimum atomic E-state index is 0.861. The summed E-state index contributed by atoms with van der Waals surface area (Å²) in [6.45, 7) is 5.17. The van der Waals surface area contributed by atoms with Crippen LogP contribution in [0.25, 0.3) is 0 Å². The number of nitrogens with one attached hydrogen (secondary N) is 2. The summed E-state index contributed by atoms with van der Waals surface area (Å²) in [5.74, 6) is 0. The van der Waals surface area contributed by atoms with E-state index < -0.39 is 0 Å². The first-order chi connectivity index (χ1) is 4.85. The molecule has 0 amide bonds. The molecule has 2 N–H and O–H groups in total. The van der Waals surface area contributed by atoms with Crippen LogP contribution in [0.2, 0.25) is 0 Å². The third kappa shape index (κ3) is 4.39. The molecule has 2 heteroatoms. The van der Waals surface area contributed by atoms with Crippen LogP contribution in [-0.4, -0.2) is 13.7 Å². The Balaban J connectivity index is 3.49. The van der Waals surface area contributed by atoms with Gasteiger partial charge in [0.05, 0.1) is 6.67 Å². The molecule has 60 valence electrons. The summed E-state index contributed by atoms with van der Waals surface area (Å²) in [4.78, 5) is 0. The van der Waals surface area contributed by atoms with Crippen molar-refractivity contribution in [3.05, 3.63) is 11.8 Å². The lowest BCUT2D eigenvalue weighted by atomic mass is 10.3. The Hall–Kier alpha value is -0.500. The third-order valence-electron chi connectivity index (χ3n) is 1.32. The van der Waals surface area contributed by atoms with Gasteiger partial charge in [0.15, 0.2) is 0 Å². The quantitative estimate of drug-likeness (QED) is 0.568. The van der Waals surface area contributed by atoms with Gasteiger partial charge in [-0.2, -0.15) is 0 Å². The Morgan fingerprint density at radius 3 is 2.50 bits per heavy atom. The number of hydrogen-bond donors (Lipinski definition) is 2. The second-order valence-electron chi connectivity index (χ2n) is 2.20. The molecular weight excluding hydrogens is 124 g/mol. The maximum atomic E-state index is 3.27. The van der Waals surface area contributed by atoms with Gasteiger partial charge < -0.3 is 10.6 Å². The van der Waals surface area contributed by atoms with Crippen molar-refractivity contribution in [2.45, 2.75) is 26.7 Å². The molecule has 0 bridgehead atoms. The molecule has 0 aliphatic carbocycles. The molecule has 0 aromatic carbocycles. The summed E-state index contributed by atoms with van der Waals surface area (Å²) in [6, 6.07) is 0. The van der Waals surface area contributed by atoms with E-state index in [1.54, 1.807) is 0 Å². The normalized spacial score (nSPS) is 11.7. The molecule has 0 rings (SSSR count). The minimum absolute atomic E-state index is 0.861. The van der Waals surface area contributed by atoms with Crippen molar-refractivity contribution >= 4 is 0 Å². The Labute approximate surface area is 63.7 Å². The van der Waals surface area contributed by atoms with Gasteiger partial charge >= 0.3 is 0 Å². The van der Waals surface area contributed by atoms with Crippen molar-refractivity contribution in [3.8, 4) is 0 Å². The van der Waals surface area contributed by atoms with E-state index >= 15 is 0 Å². The highest BCUT2D eigenvalue weighted by Crippen LogP contribution is 1.95. The Bertz CT molecular complexity index is 97.4. The zero-order valence-corrected chi connectivity index (χ0v) is 7.20. The minimum Gasteiger partial charge on any atom is -0.376 e. The second-order valence-corrected chi connectivity index (χ2v) is 2.20. The summed E-state index contributed by atoms with van der Waals surface area (Å²) in [5, 5.41) is 6.31. The average molecular weight is 142 g/mol. The highest BCUT2D eigenvalue weighted by Gasteiger charge is 1.87. The smallest absolute Gasteiger partial charge is 0.0647 e. The Kier molecular flexibility index (Phi) is 6.29. The van der Waals surface area contributed by atoms with Gasteiger partial charge in [0.2, 0.25) is 0 Å². The average Bonchev–Trinajstić information content (AvgIpc) is 1.98. The first-order valence-corrected chi connectivity index (χ1v) is 3.92. The van der Waals surface area contributed by atoms with Gasteiger partial charge in [-0.25, -0.2) is 0 Å². The van der Waals surface area contributed by atoms with Gasteiger partial charge in [0.1, 0.15) is 0 Å². The topological polar surface area (TPSA) is 24.1 Å². The number of rotatable bonds is 5. The molecule has 0 saturated heterocycles. The van der Waals surface area contributed by atoms with Crippen LogP contribution in [0, 0.1) is 0 Å². The van der Waals surface area contributed by atoms with E-state index in [1.165, 1.54) is 5.70 Å². The molecule has 10 heavy (non-hydrogen) atoms. The fourth-order valence-electron chi connectivity index (χ4n) is 0.790. The number of allylic oxidation sites excluding steroid dienone is 2. The molecule has 2 nitrogen and oxygen atoms in total. The van der Waals surface area contributed by atoms with E-state index in [4.69, 9.17) is 0 Å². The lowest BCUT2D eigenvalue weighted by Crippen LogP contribution is -2.24. The van der Waals surface area contributed by atoms with Crippen molar-refractivity contribution in [1.29, 1.82) is 0 Å². The molecule has 0 aliphatic heterocycles. The van der Waals surface area contributed by atoms with Crippen molar-refractivity contribution in [3.63, 3.8) is 0 Å². The Morgan fingerprint density at radius 2 is 2.10 bits per heavy atom. The fourth-order valence-corrected chi connectivity index (χ4v) is 0.790. The highest BCUT2D eigenvalue weighted by atomic mass is 15.0. The van der Waals surface area contributed by atoms with Crippen LogP contribution in [0.4, 0.5) is 0 Å². The molecule has 0 aliphatic rings. The van der Waals surface area contributed by atoms with Crippen molar-refractivity contribution < 1.29 is 0 Å². The first-order valence-electron chi connectivity index (χ1n) is 3.92. The summed E-state index contributed by atoms with van der Waals surface area (Å²) in [7, 11) is 1.94. The zero-order valence-electron chi connectivity index (χ0n) is 7.20. The second kappa shape index (κ2) is 6.62. The molecule has 0 aromatic rings. The SMILES string of the molecule is CC/C=C(\CC)NCNC. The number of hydrogen-bond acceptors (Lipinski definition) is 2. The van der Waals surface area contributed by atoms with Gasteiger partial charge in [0.25, 0.3) is 0 Å². The third-order valence-corrected chi connectivity index (χ3v) is 1.32. The van der Waals surface area contributed by atoms with Crippen LogP contribution in [0.15, 0.2) is 11.8 Å². The molecule has 0 radical (unpaired) electrons. The lowest BCUT2D eigenvalue weighted by Gasteiger charge is -2.06. The molecule has 0 spiro atoms. The highest BCUT2D eigenvalue weighted by molar-refractivity contribution is 4.97. The predicted molar refractivity (Wildman–Crippen MR) is 45.7 cm³/mol. The van der Waals surface area contributed by atoms with Crippen LogP contribution >= 0.6 is 0 Å². The molecular formula is C8H18N2. The van der Waals surface area contributed by atoms with E-state index in [-0.39, 0.29) is 0 Å².